The van der Waals surface area contributed by atoms with E-state index in [1.807, 2.05) is 6.92 Å². The zero-order valence-electron chi connectivity index (χ0n) is 7.09. The Hall–Kier alpha value is -0.0800. The van der Waals surface area contributed by atoms with Gasteiger partial charge in [0.1, 0.15) is 0 Å². The van der Waals surface area contributed by atoms with Crippen LogP contribution in [-0.2, 0) is 0 Å². The molecule has 1 unspecified atom stereocenters. The van der Waals surface area contributed by atoms with Gasteiger partial charge in [0.2, 0.25) is 0 Å². The first-order chi connectivity index (χ1) is 4.58. The second-order valence-electron chi connectivity index (χ2n) is 3.51. The monoisotopic (exact) mass is 143 g/mol. The molecule has 2 nitrogen and oxygen atoms in total. The summed E-state index contributed by atoms with van der Waals surface area (Å²) in [6.45, 7) is 5.09. The van der Waals surface area contributed by atoms with Crippen LogP contribution in [0.4, 0.5) is 0 Å². The van der Waals surface area contributed by atoms with Crippen molar-refractivity contribution in [2.45, 2.75) is 38.3 Å². The SMILES string of the molecule is CCC1N(C)CC[C@@]1(C)O. The van der Waals surface area contributed by atoms with E-state index >= 15 is 0 Å². The predicted molar refractivity (Wildman–Crippen MR) is 41.9 cm³/mol. The molecule has 1 aliphatic heterocycles. The molecule has 2 atom stereocenters. The van der Waals surface area contributed by atoms with Crippen molar-refractivity contribution in [3.63, 3.8) is 0 Å². The first kappa shape index (κ1) is 8.02. The van der Waals surface area contributed by atoms with Crippen LogP contribution in [0.3, 0.4) is 0 Å². The van der Waals surface area contributed by atoms with Crippen LogP contribution in [0.25, 0.3) is 0 Å². The molecule has 0 amide bonds. The topological polar surface area (TPSA) is 23.5 Å². The molecule has 10 heavy (non-hydrogen) atoms. The normalized spacial score (nSPS) is 42.6. The molecule has 1 rings (SSSR count). The fourth-order valence-corrected chi connectivity index (χ4v) is 1.95. The van der Waals surface area contributed by atoms with Crippen molar-refractivity contribution in [2.24, 2.45) is 0 Å². The van der Waals surface area contributed by atoms with E-state index in [-0.39, 0.29) is 0 Å². The first-order valence-corrected chi connectivity index (χ1v) is 4.00. The van der Waals surface area contributed by atoms with Gasteiger partial charge in [0.05, 0.1) is 5.60 Å². The smallest absolute Gasteiger partial charge is 0.0786 e. The van der Waals surface area contributed by atoms with E-state index < -0.39 is 5.60 Å². The zero-order valence-corrected chi connectivity index (χ0v) is 7.09. The number of likely N-dealkylation sites (tertiary alicyclic amines) is 1. The third kappa shape index (κ3) is 1.18. The Labute approximate surface area is 62.8 Å². The second-order valence-corrected chi connectivity index (χ2v) is 3.51. The van der Waals surface area contributed by atoms with Crippen LogP contribution in [0.2, 0.25) is 0 Å². The van der Waals surface area contributed by atoms with Crippen molar-refractivity contribution in [3.05, 3.63) is 0 Å². The summed E-state index contributed by atoms with van der Waals surface area (Å²) in [5.41, 5.74) is -0.441. The summed E-state index contributed by atoms with van der Waals surface area (Å²) in [5, 5.41) is 9.78. The molecule has 1 saturated heterocycles. The molecule has 1 heterocycles. The second kappa shape index (κ2) is 2.51. The van der Waals surface area contributed by atoms with Crippen LogP contribution in [0.15, 0.2) is 0 Å². The molecule has 1 N–H and O–H groups in total. The molecule has 0 aromatic carbocycles. The van der Waals surface area contributed by atoms with Crippen molar-refractivity contribution in [1.29, 1.82) is 0 Å². The highest BCUT2D eigenvalue weighted by atomic mass is 16.3. The van der Waals surface area contributed by atoms with Crippen LogP contribution < -0.4 is 0 Å². The maximum atomic E-state index is 9.78. The van der Waals surface area contributed by atoms with E-state index in [9.17, 15) is 5.11 Å². The molecule has 2 heteroatoms. The fraction of sp³-hybridized carbons (Fsp3) is 1.00. The predicted octanol–water partition coefficient (Wildman–Crippen LogP) is 0.851. The molecule has 0 spiro atoms. The molecule has 0 aromatic rings. The average Bonchev–Trinajstić information content (AvgIpc) is 2.07. The van der Waals surface area contributed by atoms with Crippen molar-refractivity contribution < 1.29 is 5.11 Å². The lowest BCUT2D eigenvalue weighted by Crippen LogP contribution is -2.40. The van der Waals surface area contributed by atoms with E-state index in [1.165, 1.54) is 0 Å². The van der Waals surface area contributed by atoms with E-state index in [0.717, 1.165) is 19.4 Å². The highest BCUT2D eigenvalue weighted by Gasteiger charge is 2.38. The van der Waals surface area contributed by atoms with Gasteiger partial charge < -0.3 is 10.0 Å². The number of hydrogen-bond donors (Lipinski definition) is 1. The van der Waals surface area contributed by atoms with Crippen LogP contribution in [0, 0.1) is 0 Å². The summed E-state index contributed by atoms with van der Waals surface area (Å²) in [6.07, 6.45) is 1.96. The van der Waals surface area contributed by atoms with Gasteiger partial charge in [-0.05, 0) is 26.8 Å². The van der Waals surface area contributed by atoms with Crippen LogP contribution in [0.5, 0.6) is 0 Å². The molecule has 0 saturated carbocycles. The summed E-state index contributed by atoms with van der Waals surface area (Å²) in [4.78, 5) is 2.24. The van der Waals surface area contributed by atoms with E-state index in [0.29, 0.717) is 6.04 Å². The fourth-order valence-electron chi connectivity index (χ4n) is 1.95. The summed E-state index contributed by atoms with van der Waals surface area (Å²) >= 11 is 0. The summed E-state index contributed by atoms with van der Waals surface area (Å²) < 4.78 is 0. The van der Waals surface area contributed by atoms with Gasteiger partial charge in [-0.1, -0.05) is 6.92 Å². The third-order valence-corrected chi connectivity index (χ3v) is 2.61. The van der Waals surface area contributed by atoms with Crippen molar-refractivity contribution in [3.8, 4) is 0 Å². The molecule has 0 bridgehead atoms. The Morgan fingerprint density at radius 3 is 2.50 bits per heavy atom. The largest absolute Gasteiger partial charge is 0.388 e. The van der Waals surface area contributed by atoms with Gasteiger partial charge in [0, 0.05) is 12.6 Å². The Bertz CT molecular complexity index is 122. The Kier molecular flexibility index (Phi) is 2.02. The van der Waals surface area contributed by atoms with E-state index in [2.05, 4.69) is 18.9 Å². The van der Waals surface area contributed by atoms with Gasteiger partial charge in [0.15, 0.2) is 0 Å². The summed E-state index contributed by atoms with van der Waals surface area (Å²) in [5.74, 6) is 0. The quantitative estimate of drug-likeness (QED) is 0.588. The molecular weight excluding hydrogens is 126 g/mol. The van der Waals surface area contributed by atoms with Crippen LogP contribution in [0.1, 0.15) is 26.7 Å². The molecular formula is C8H17NO. The molecule has 0 aromatic heterocycles. The minimum absolute atomic E-state index is 0.368. The first-order valence-electron chi connectivity index (χ1n) is 4.00. The number of hydrogen-bond acceptors (Lipinski definition) is 2. The number of aliphatic hydroxyl groups is 1. The maximum absolute atomic E-state index is 9.78. The summed E-state index contributed by atoms with van der Waals surface area (Å²) in [6, 6.07) is 0.368. The lowest BCUT2D eigenvalue weighted by atomic mass is 9.95. The molecule has 1 aliphatic rings. The molecule has 1 fully saturated rings. The van der Waals surface area contributed by atoms with Gasteiger partial charge in [-0.3, -0.25) is 0 Å². The highest BCUT2D eigenvalue weighted by Crippen LogP contribution is 2.28. The van der Waals surface area contributed by atoms with Crippen molar-refractivity contribution >= 4 is 0 Å². The van der Waals surface area contributed by atoms with Crippen LogP contribution >= 0.6 is 0 Å². The lowest BCUT2D eigenvalue weighted by Gasteiger charge is -2.27. The minimum atomic E-state index is -0.441. The Balaban J connectivity index is 2.63. The van der Waals surface area contributed by atoms with Crippen molar-refractivity contribution in [2.75, 3.05) is 13.6 Å². The van der Waals surface area contributed by atoms with Gasteiger partial charge in [-0.2, -0.15) is 0 Å². The van der Waals surface area contributed by atoms with Gasteiger partial charge in [-0.25, -0.2) is 0 Å². The van der Waals surface area contributed by atoms with Gasteiger partial charge in [-0.15, -0.1) is 0 Å². The third-order valence-electron chi connectivity index (χ3n) is 2.61. The molecule has 0 radical (unpaired) electrons. The standard InChI is InChI=1S/C8H17NO/c1-4-7-8(2,10)5-6-9(7)3/h7,10H,4-6H2,1-3H3/t7?,8-/m1/s1. The minimum Gasteiger partial charge on any atom is -0.388 e. The molecule has 60 valence electrons. The summed E-state index contributed by atoms with van der Waals surface area (Å²) in [7, 11) is 2.08. The maximum Gasteiger partial charge on any atom is 0.0786 e. The Morgan fingerprint density at radius 1 is 1.70 bits per heavy atom. The zero-order chi connectivity index (χ0) is 7.78. The van der Waals surface area contributed by atoms with Gasteiger partial charge >= 0.3 is 0 Å². The van der Waals surface area contributed by atoms with E-state index in [4.69, 9.17) is 0 Å². The lowest BCUT2D eigenvalue weighted by molar-refractivity contribution is 0.0244. The molecule has 0 aliphatic carbocycles. The Morgan fingerprint density at radius 2 is 2.30 bits per heavy atom. The number of nitrogens with zero attached hydrogens (tertiary/aromatic N) is 1. The van der Waals surface area contributed by atoms with Gasteiger partial charge in [0.25, 0.3) is 0 Å². The average molecular weight is 143 g/mol. The number of likely N-dealkylation sites (N-methyl/N-ethyl adjacent to an activating group) is 1. The number of rotatable bonds is 1. The van der Waals surface area contributed by atoms with Crippen LogP contribution in [-0.4, -0.2) is 35.2 Å². The van der Waals surface area contributed by atoms with Crippen molar-refractivity contribution in [1.82, 2.24) is 4.90 Å². The highest BCUT2D eigenvalue weighted by molar-refractivity contribution is 4.94. The van der Waals surface area contributed by atoms with E-state index in [1.54, 1.807) is 0 Å².